The highest BCUT2D eigenvalue weighted by molar-refractivity contribution is 7.85. The zero-order valence-corrected chi connectivity index (χ0v) is 13.2. The van der Waals surface area contributed by atoms with Gasteiger partial charge in [0.15, 0.2) is 0 Å². The van der Waals surface area contributed by atoms with Crippen LogP contribution in [0.2, 0.25) is 0 Å². The van der Waals surface area contributed by atoms with Gasteiger partial charge in [0.1, 0.15) is 6.04 Å². The maximum atomic E-state index is 10.5. The first kappa shape index (κ1) is 18.6. The topological polar surface area (TPSA) is 124 Å². The van der Waals surface area contributed by atoms with Crippen molar-refractivity contribution in [3.8, 4) is 0 Å². The molecule has 1 aromatic rings. The van der Waals surface area contributed by atoms with E-state index in [2.05, 4.69) is 5.32 Å². The fourth-order valence-electron chi connectivity index (χ4n) is 2.26. The van der Waals surface area contributed by atoms with Gasteiger partial charge in [-0.05, 0) is 25.5 Å². The van der Waals surface area contributed by atoms with Gasteiger partial charge in [0.25, 0.3) is 10.1 Å². The van der Waals surface area contributed by atoms with Crippen molar-refractivity contribution in [2.45, 2.75) is 37.3 Å². The monoisotopic (exact) mass is 331 g/mol. The molecule has 1 aliphatic rings. The van der Waals surface area contributed by atoms with Gasteiger partial charge in [0.05, 0.1) is 11.0 Å². The van der Waals surface area contributed by atoms with E-state index in [0.29, 0.717) is 13.0 Å². The SMILES string of the molecule is CC[C@H]1[C@@H](C(=O)O)NC[C@@H]1O.Cc1ccc(S(=O)(=O)O)cc1. The summed E-state index contributed by atoms with van der Waals surface area (Å²) in [5.74, 6) is -0.999. The third-order valence-electron chi connectivity index (χ3n) is 3.53. The zero-order chi connectivity index (χ0) is 16.9. The van der Waals surface area contributed by atoms with E-state index in [1.165, 1.54) is 12.1 Å². The van der Waals surface area contributed by atoms with Crippen LogP contribution in [0.15, 0.2) is 29.2 Å². The Morgan fingerprint density at radius 1 is 1.32 bits per heavy atom. The lowest BCUT2D eigenvalue weighted by Gasteiger charge is -2.14. The Hall–Kier alpha value is -1.48. The number of nitrogens with one attached hydrogen (secondary N) is 1. The molecular weight excluding hydrogens is 310 g/mol. The summed E-state index contributed by atoms with van der Waals surface area (Å²) < 4.78 is 29.6. The predicted octanol–water partition coefficient (Wildman–Crippen LogP) is 0.672. The third kappa shape index (κ3) is 5.06. The minimum Gasteiger partial charge on any atom is -0.480 e. The van der Waals surface area contributed by atoms with Crippen molar-refractivity contribution in [1.82, 2.24) is 5.32 Å². The number of aryl methyl sites for hydroxylation is 1. The van der Waals surface area contributed by atoms with Gasteiger partial charge >= 0.3 is 5.97 Å². The van der Waals surface area contributed by atoms with Crippen molar-refractivity contribution in [1.29, 1.82) is 0 Å². The molecule has 3 atom stereocenters. The largest absolute Gasteiger partial charge is 0.480 e. The van der Waals surface area contributed by atoms with E-state index in [-0.39, 0.29) is 10.8 Å². The number of rotatable bonds is 3. The second kappa shape index (κ2) is 7.68. The molecule has 0 amide bonds. The molecule has 22 heavy (non-hydrogen) atoms. The van der Waals surface area contributed by atoms with Crippen LogP contribution < -0.4 is 5.32 Å². The summed E-state index contributed by atoms with van der Waals surface area (Å²) in [5.41, 5.74) is 0.956. The van der Waals surface area contributed by atoms with Crippen LogP contribution in [0.4, 0.5) is 0 Å². The third-order valence-corrected chi connectivity index (χ3v) is 4.39. The number of β-amino-alcohol motifs (C(OH)–C–C–N with tert-alkyl or cyclic N) is 1. The highest BCUT2D eigenvalue weighted by Gasteiger charge is 2.37. The first-order valence-electron chi connectivity index (χ1n) is 6.85. The number of carboxylic acid groups (broad SMARTS) is 1. The van der Waals surface area contributed by atoms with Crippen molar-refractivity contribution in [3.63, 3.8) is 0 Å². The molecule has 124 valence electrons. The predicted molar refractivity (Wildman–Crippen MR) is 80.2 cm³/mol. The molecule has 1 fully saturated rings. The second-order valence-corrected chi connectivity index (χ2v) is 6.57. The molecule has 0 saturated carbocycles. The van der Waals surface area contributed by atoms with Gasteiger partial charge in [0, 0.05) is 12.5 Å². The molecule has 4 N–H and O–H groups in total. The summed E-state index contributed by atoms with van der Waals surface area (Å²) >= 11 is 0. The van der Waals surface area contributed by atoms with Crippen LogP contribution in [0, 0.1) is 12.8 Å². The summed E-state index contributed by atoms with van der Waals surface area (Å²) in [5, 5.41) is 20.7. The van der Waals surface area contributed by atoms with Gasteiger partial charge < -0.3 is 15.5 Å². The van der Waals surface area contributed by atoms with E-state index in [1.54, 1.807) is 12.1 Å². The maximum absolute atomic E-state index is 10.5. The number of benzene rings is 1. The van der Waals surface area contributed by atoms with Gasteiger partial charge in [-0.2, -0.15) is 8.42 Å². The molecule has 2 rings (SSSR count). The number of aliphatic hydroxyl groups is 1. The van der Waals surface area contributed by atoms with E-state index in [0.717, 1.165) is 5.56 Å². The van der Waals surface area contributed by atoms with Crippen LogP contribution in [-0.2, 0) is 14.9 Å². The fraction of sp³-hybridized carbons (Fsp3) is 0.500. The number of hydrogen-bond donors (Lipinski definition) is 4. The number of carboxylic acids is 1. The van der Waals surface area contributed by atoms with E-state index in [9.17, 15) is 18.3 Å². The van der Waals surface area contributed by atoms with Crippen molar-refractivity contribution < 1.29 is 28.0 Å². The molecule has 8 heteroatoms. The smallest absolute Gasteiger partial charge is 0.321 e. The molecule has 0 spiro atoms. The van der Waals surface area contributed by atoms with Crippen molar-refractivity contribution >= 4 is 16.1 Å². The molecule has 0 unspecified atom stereocenters. The van der Waals surface area contributed by atoms with Crippen LogP contribution in [0.1, 0.15) is 18.9 Å². The standard InChI is InChI=1S/C7H13NO3.C7H8O3S/c1-2-4-5(9)3-8-6(4)7(10)11;1-6-2-4-7(5-3-6)11(8,9)10/h4-6,8-9H,2-3H2,1H3,(H,10,11);2-5H,1H3,(H,8,9,10)/t4-,5+,6+;/m1./s1. The van der Waals surface area contributed by atoms with Crippen LogP contribution in [0.3, 0.4) is 0 Å². The number of aliphatic hydroxyl groups excluding tert-OH is 1. The van der Waals surface area contributed by atoms with Gasteiger partial charge in [-0.25, -0.2) is 0 Å². The molecule has 1 heterocycles. The zero-order valence-electron chi connectivity index (χ0n) is 12.4. The molecule has 0 aliphatic carbocycles. The van der Waals surface area contributed by atoms with Crippen molar-refractivity contribution in [3.05, 3.63) is 29.8 Å². The highest BCUT2D eigenvalue weighted by Crippen LogP contribution is 2.19. The molecule has 0 radical (unpaired) electrons. The Balaban J connectivity index is 0.000000220. The minimum atomic E-state index is -4.02. The summed E-state index contributed by atoms with van der Waals surface area (Å²) in [6.07, 6.45) is 0.201. The van der Waals surface area contributed by atoms with Crippen LogP contribution >= 0.6 is 0 Å². The molecule has 0 bridgehead atoms. The highest BCUT2D eigenvalue weighted by atomic mass is 32.2. The van der Waals surface area contributed by atoms with Crippen molar-refractivity contribution in [2.24, 2.45) is 5.92 Å². The average Bonchev–Trinajstić information content (AvgIpc) is 2.80. The molecule has 1 aliphatic heterocycles. The van der Waals surface area contributed by atoms with Crippen LogP contribution in [0.5, 0.6) is 0 Å². The summed E-state index contributed by atoms with van der Waals surface area (Å²) in [7, 11) is -4.02. The Kier molecular flexibility index (Phi) is 6.48. The lowest BCUT2D eigenvalue weighted by atomic mass is 9.96. The first-order chi connectivity index (χ1) is 10.2. The molecule has 0 aromatic heterocycles. The quantitative estimate of drug-likeness (QED) is 0.600. The lowest BCUT2D eigenvalue weighted by molar-refractivity contribution is -0.140. The summed E-state index contributed by atoms with van der Waals surface area (Å²) in [6, 6.07) is 5.43. The van der Waals surface area contributed by atoms with Crippen LogP contribution in [-0.4, -0.2) is 47.8 Å². The Labute approximate surface area is 129 Å². The maximum Gasteiger partial charge on any atom is 0.321 e. The van der Waals surface area contributed by atoms with E-state index >= 15 is 0 Å². The van der Waals surface area contributed by atoms with Gasteiger partial charge in [-0.3, -0.25) is 9.35 Å². The van der Waals surface area contributed by atoms with Gasteiger partial charge in [0.2, 0.25) is 0 Å². The lowest BCUT2D eigenvalue weighted by Crippen LogP contribution is -2.35. The molecule has 7 nitrogen and oxygen atoms in total. The summed E-state index contributed by atoms with van der Waals surface area (Å²) in [4.78, 5) is 10.5. The second-order valence-electron chi connectivity index (χ2n) is 5.15. The fourth-order valence-corrected chi connectivity index (χ4v) is 2.74. The normalized spacial score (nSPS) is 24.5. The Morgan fingerprint density at radius 2 is 1.86 bits per heavy atom. The van der Waals surface area contributed by atoms with Gasteiger partial charge in [-0.1, -0.05) is 24.6 Å². The molecular formula is C14H21NO6S. The van der Waals surface area contributed by atoms with Crippen LogP contribution in [0.25, 0.3) is 0 Å². The Bertz CT molecular complexity index is 598. The summed E-state index contributed by atoms with van der Waals surface area (Å²) in [6.45, 7) is 4.13. The number of carbonyl (C=O) groups is 1. The minimum absolute atomic E-state index is 0.0666. The van der Waals surface area contributed by atoms with E-state index < -0.39 is 28.2 Å². The molecule has 1 aromatic carbocycles. The average molecular weight is 331 g/mol. The van der Waals surface area contributed by atoms with Gasteiger partial charge in [-0.15, -0.1) is 0 Å². The van der Waals surface area contributed by atoms with Crippen molar-refractivity contribution in [2.75, 3.05) is 6.54 Å². The Morgan fingerprint density at radius 3 is 2.23 bits per heavy atom. The molecule has 1 saturated heterocycles. The van der Waals surface area contributed by atoms with E-state index in [1.807, 2.05) is 13.8 Å². The number of hydrogen-bond acceptors (Lipinski definition) is 5. The van der Waals surface area contributed by atoms with E-state index in [4.69, 9.17) is 9.66 Å². The first-order valence-corrected chi connectivity index (χ1v) is 8.29. The number of aliphatic carboxylic acids is 1.